The number of rotatable bonds is 6. The number of benzene rings is 7. The highest BCUT2D eigenvalue weighted by molar-refractivity contribution is 7.21. The summed E-state index contributed by atoms with van der Waals surface area (Å²) in [4.78, 5) is 10.5. The lowest BCUT2D eigenvalue weighted by Gasteiger charge is -2.20. The van der Waals surface area contributed by atoms with Crippen molar-refractivity contribution < 1.29 is 0 Å². The van der Waals surface area contributed by atoms with Gasteiger partial charge in [0.05, 0.1) is 15.9 Å². The van der Waals surface area contributed by atoms with Crippen LogP contribution in [0.5, 0.6) is 0 Å². The smallest absolute Gasteiger partial charge is 0.126 e. The summed E-state index contributed by atoms with van der Waals surface area (Å²) in [6.45, 7) is 11.3. The quantitative estimate of drug-likeness (QED) is 0.128. The van der Waals surface area contributed by atoms with Crippen molar-refractivity contribution in [2.75, 3.05) is 0 Å². The third-order valence-corrected chi connectivity index (χ3v) is 10.8. The molecule has 0 unspecified atom stereocenters. The molecular formula is C47H40N2S. The first-order chi connectivity index (χ1) is 24.2. The summed E-state index contributed by atoms with van der Waals surface area (Å²) in [7, 11) is 0. The van der Waals surface area contributed by atoms with E-state index in [4.69, 9.17) is 9.98 Å². The molecular weight excluding hydrogens is 625 g/mol. The molecule has 1 heterocycles. The molecule has 7 aromatic carbocycles. The van der Waals surface area contributed by atoms with Gasteiger partial charge in [0.2, 0.25) is 0 Å². The van der Waals surface area contributed by atoms with E-state index in [1.807, 2.05) is 6.21 Å². The van der Waals surface area contributed by atoms with Crippen LogP contribution in [0.25, 0.3) is 64.6 Å². The van der Waals surface area contributed by atoms with Gasteiger partial charge in [-0.25, -0.2) is 4.98 Å². The summed E-state index contributed by atoms with van der Waals surface area (Å²) in [5.74, 6) is 0.496. The summed E-state index contributed by atoms with van der Waals surface area (Å²) in [5, 5.41) is 5.89. The van der Waals surface area contributed by atoms with Gasteiger partial charge in [-0.15, -0.1) is 11.3 Å². The van der Waals surface area contributed by atoms with E-state index in [0.717, 1.165) is 27.3 Å². The van der Waals surface area contributed by atoms with Crippen LogP contribution in [-0.4, -0.2) is 11.2 Å². The largest absolute Gasteiger partial charge is 0.256 e. The van der Waals surface area contributed by atoms with Gasteiger partial charge in [0.1, 0.15) is 5.01 Å². The van der Waals surface area contributed by atoms with E-state index in [9.17, 15) is 0 Å². The van der Waals surface area contributed by atoms with Crippen molar-refractivity contribution in [3.63, 3.8) is 0 Å². The zero-order valence-electron chi connectivity index (χ0n) is 29.2. The summed E-state index contributed by atoms with van der Waals surface area (Å²) < 4.78 is 1.19. The first kappa shape index (κ1) is 31.9. The highest BCUT2D eigenvalue weighted by Gasteiger charge is 2.20. The molecule has 0 aliphatic carbocycles. The minimum absolute atomic E-state index is 0.00481. The topological polar surface area (TPSA) is 25.2 Å². The van der Waals surface area contributed by atoms with E-state index >= 15 is 0 Å². The maximum atomic E-state index is 5.35. The zero-order chi connectivity index (χ0) is 34.4. The molecule has 1 aromatic heterocycles. The number of fused-ring (bicyclic) bond motifs is 4. The van der Waals surface area contributed by atoms with Crippen molar-refractivity contribution in [1.29, 1.82) is 0 Å². The third-order valence-electron chi connectivity index (χ3n) is 9.72. The Labute approximate surface area is 298 Å². The van der Waals surface area contributed by atoms with E-state index in [2.05, 4.69) is 174 Å². The standard InChI is InChI=1S/C47H40N2S/c1-30(2)33-14-12-15-34(25-33)31-21-23-32(24-22-31)42-27-37(47(3,4)5)28-44-45(42)49-46(50-44)41-19-10-11-20-43(41)48-29-36-26-35-13-6-7-16-38(35)40-18-9-8-17-39(36)40/h6-30H,1-5H3. The number of para-hydroxylation sites is 1. The van der Waals surface area contributed by atoms with Crippen LogP contribution in [0, 0.1) is 0 Å². The average Bonchev–Trinajstić information content (AvgIpc) is 3.58. The Morgan fingerprint density at radius 1 is 0.620 bits per heavy atom. The Balaban J connectivity index is 1.21. The van der Waals surface area contributed by atoms with Gasteiger partial charge in [-0.2, -0.15) is 0 Å². The van der Waals surface area contributed by atoms with Crippen LogP contribution in [0.3, 0.4) is 0 Å². The summed E-state index contributed by atoms with van der Waals surface area (Å²) in [6.07, 6.45) is 2.02. The molecule has 0 saturated heterocycles. The molecule has 244 valence electrons. The van der Waals surface area contributed by atoms with Gasteiger partial charge in [0.15, 0.2) is 0 Å². The second-order valence-corrected chi connectivity index (χ2v) is 15.5. The zero-order valence-corrected chi connectivity index (χ0v) is 30.1. The van der Waals surface area contributed by atoms with Crippen LogP contribution >= 0.6 is 11.3 Å². The Hall–Kier alpha value is -5.38. The normalized spacial score (nSPS) is 12.2. The lowest BCUT2D eigenvalue weighted by molar-refractivity contribution is 0.591. The fourth-order valence-electron chi connectivity index (χ4n) is 6.81. The number of hydrogen-bond donors (Lipinski definition) is 0. The van der Waals surface area contributed by atoms with Gasteiger partial charge in [-0.1, -0.05) is 144 Å². The predicted molar refractivity (Wildman–Crippen MR) is 217 cm³/mol. The number of nitrogens with zero attached hydrogens (tertiary/aromatic N) is 2. The average molecular weight is 665 g/mol. The molecule has 0 saturated carbocycles. The van der Waals surface area contributed by atoms with Gasteiger partial charge in [-0.3, -0.25) is 4.99 Å². The molecule has 0 N–H and O–H groups in total. The minimum atomic E-state index is -0.00481. The maximum Gasteiger partial charge on any atom is 0.126 e. The third kappa shape index (κ3) is 6.03. The lowest BCUT2D eigenvalue weighted by atomic mass is 9.85. The number of thiazole rings is 1. The molecule has 2 nitrogen and oxygen atoms in total. The molecule has 0 radical (unpaired) electrons. The van der Waals surface area contributed by atoms with Crippen LogP contribution in [-0.2, 0) is 5.41 Å². The summed E-state index contributed by atoms with van der Waals surface area (Å²) in [6, 6.07) is 50.4. The van der Waals surface area contributed by atoms with Gasteiger partial charge in [0, 0.05) is 22.9 Å². The van der Waals surface area contributed by atoms with E-state index in [1.165, 1.54) is 59.6 Å². The number of aliphatic imine (C=N–C) groups is 1. The molecule has 8 aromatic rings. The van der Waals surface area contributed by atoms with Crippen LogP contribution in [0.2, 0.25) is 0 Å². The SMILES string of the molecule is CC(C)c1cccc(-c2ccc(-c3cc(C(C)(C)C)cc4sc(-c5ccccc5N=Cc5cc6ccccc6c6ccccc56)nc34)cc2)c1. The Morgan fingerprint density at radius 2 is 1.32 bits per heavy atom. The summed E-state index contributed by atoms with van der Waals surface area (Å²) in [5.41, 5.74) is 11.6. The highest BCUT2D eigenvalue weighted by atomic mass is 32.1. The van der Waals surface area contributed by atoms with Crippen molar-refractivity contribution in [3.8, 4) is 32.8 Å². The van der Waals surface area contributed by atoms with E-state index in [1.54, 1.807) is 11.3 Å². The van der Waals surface area contributed by atoms with Gasteiger partial charge < -0.3 is 0 Å². The molecule has 0 aliphatic rings. The first-order valence-corrected chi connectivity index (χ1v) is 18.2. The molecule has 50 heavy (non-hydrogen) atoms. The molecule has 0 fully saturated rings. The fourth-order valence-corrected chi connectivity index (χ4v) is 7.88. The van der Waals surface area contributed by atoms with E-state index < -0.39 is 0 Å². The molecule has 0 aliphatic heterocycles. The van der Waals surface area contributed by atoms with Crippen molar-refractivity contribution in [1.82, 2.24) is 4.98 Å². The Morgan fingerprint density at radius 3 is 2.10 bits per heavy atom. The van der Waals surface area contributed by atoms with E-state index in [0.29, 0.717) is 5.92 Å². The monoisotopic (exact) mass is 664 g/mol. The molecule has 0 amide bonds. The molecule has 8 rings (SSSR count). The minimum Gasteiger partial charge on any atom is -0.256 e. The second kappa shape index (κ2) is 12.8. The summed E-state index contributed by atoms with van der Waals surface area (Å²) >= 11 is 1.75. The Bertz CT molecular complexity index is 2550. The first-order valence-electron chi connectivity index (χ1n) is 17.4. The van der Waals surface area contributed by atoms with Gasteiger partial charge in [0.25, 0.3) is 0 Å². The van der Waals surface area contributed by atoms with E-state index in [-0.39, 0.29) is 5.41 Å². The van der Waals surface area contributed by atoms with Crippen LogP contribution in [0.1, 0.15) is 57.2 Å². The molecule has 0 bridgehead atoms. The van der Waals surface area contributed by atoms with Gasteiger partial charge >= 0.3 is 0 Å². The fraction of sp³-hybridized carbons (Fsp3) is 0.149. The number of hydrogen-bond acceptors (Lipinski definition) is 3. The lowest BCUT2D eigenvalue weighted by Crippen LogP contribution is -2.11. The van der Waals surface area contributed by atoms with Crippen LogP contribution in [0.15, 0.2) is 145 Å². The molecule has 0 atom stereocenters. The van der Waals surface area contributed by atoms with Crippen molar-refractivity contribution in [3.05, 3.63) is 156 Å². The number of aromatic nitrogens is 1. The van der Waals surface area contributed by atoms with Crippen molar-refractivity contribution in [2.24, 2.45) is 4.99 Å². The maximum absolute atomic E-state index is 5.35. The van der Waals surface area contributed by atoms with Crippen LogP contribution in [0.4, 0.5) is 5.69 Å². The predicted octanol–water partition coefficient (Wildman–Crippen LogP) is 13.8. The van der Waals surface area contributed by atoms with Crippen molar-refractivity contribution >= 4 is 55.0 Å². The molecule has 3 heteroatoms. The van der Waals surface area contributed by atoms with Crippen molar-refractivity contribution in [2.45, 2.75) is 46.0 Å². The van der Waals surface area contributed by atoms with Crippen LogP contribution < -0.4 is 0 Å². The van der Waals surface area contributed by atoms with Gasteiger partial charge in [-0.05, 0) is 91.0 Å². The Kier molecular flexibility index (Phi) is 8.17. The highest BCUT2D eigenvalue weighted by Crippen LogP contribution is 2.42. The molecule has 0 spiro atoms. The second-order valence-electron chi connectivity index (χ2n) is 14.5.